The number of carbonyl (C=O) groups is 7. The third kappa shape index (κ3) is 10.0. The minimum absolute atomic E-state index is 0.0176. The van der Waals surface area contributed by atoms with Gasteiger partial charge in [0.05, 0.1) is 6.10 Å². The number of ether oxygens (including phenoxy) is 1. The van der Waals surface area contributed by atoms with Gasteiger partial charge in [-0.3, -0.25) is 24.0 Å². The van der Waals surface area contributed by atoms with Crippen molar-refractivity contribution in [3.8, 4) is 0 Å². The second-order valence-electron chi connectivity index (χ2n) is 15.2. The highest BCUT2D eigenvalue weighted by molar-refractivity contribution is 5.98. The number of amides is 7. The van der Waals surface area contributed by atoms with Gasteiger partial charge in [0.2, 0.25) is 29.5 Å². The molecule has 5 rings (SSSR count). The molecule has 0 aromatic heterocycles. The lowest BCUT2D eigenvalue weighted by Gasteiger charge is -2.36. The molecule has 18 heteroatoms. The van der Waals surface area contributed by atoms with E-state index < -0.39 is 108 Å². The maximum absolute atomic E-state index is 14.5. The van der Waals surface area contributed by atoms with E-state index in [1.54, 1.807) is 24.3 Å². The Morgan fingerprint density at radius 1 is 0.895 bits per heavy atom. The third-order valence-electron chi connectivity index (χ3n) is 10.6. The van der Waals surface area contributed by atoms with Gasteiger partial charge in [-0.25, -0.2) is 18.4 Å². The van der Waals surface area contributed by atoms with Crippen LogP contribution < -0.4 is 21.3 Å². The minimum atomic E-state index is -1.75. The number of esters is 1. The van der Waals surface area contributed by atoms with E-state index in [4.69, 9.17) is 4.74 Å². The first-order chi connectivity index (χ1) is 26.8. The standard InChI is InChI=1S/C39H49F2N7O9/c1-19-7-9-27(10-8-19)43-39(56)44-29(14-24-12-25(40)15-26(41)13-24)34(51)45-32-23(5)57-38(55)31-11-20(2)17-47(31)35(52)21(3)42-33(50)22(4)46(6)36(53)30-16-28(49)18-48(30)37(32)54/h7-10,12-13,15,20-23,28-32,49H,11,14,16-18H2,1-6H3,(H,42,50)(H,45,51)(H2,43,44,56)/t20-,21-,22-,23-,28+,29-,30-,31-,32-/m0/s1. The zero-order chi connectivity index (χ0) is 41.9. The van der Waals surface area contributed by atoms with Gasteiger partial charge in [0.25, 0.3) is 0 Å². The van der Waals surface area contributed by atoms with Gasteiger partial charge in [0.1, 0.15) is 54.0 Å². The van der Waals surface area contributed by atoms with Crippen LogP contribution in [-0.2, 0) is 39.9 Å². The highest BCUT2D eigenvalue weighted by Gasteiger charge is 2.47. The number of urea groups is 1. The van der Waals surface area contributed by atoms with Crippen LogP contribution in [0.15, 0.2) is 42.5 Å². The number of halogens is 2. The van der Waals surface area contributed by atoms with Crippen LogP contribution in [0.25, 0.3) is 0 Å². The first kappa shape index (κ1) is 42.5. The van der Waals surface area contributed by atoms with Crippen LogP contribution >= 0.6 is 0 Å². The largest absolute Gasteiger partial charge is 0.458 e. The Hall–Kier alpha value is -5.65. The van der Waals surface area contributed by atoms with Gasteiger partial charge in [0, 0.05) is 44.7 Å². The number of aliphatic hydroxyl groups excluding tert-OH is 1. The Balaban J connectivity index is 1.51. The fourth-order valence-corrected chi connectivity index (χ4v) is 7.33. The van der Waals surface area contributed by atoms with Crippen molar-refractivity contribution >= 4 is 47.2 Å². The quantitative estimate of drug-likeness (QED) is 0.264. The predicted octanol–water partition coefficient (Wildman–Crippen LogP) is 0.987. The number of hydrogen-bond acceptors (Lipinski definition) is 9. The molecule has 308 valence electrons. The number of likely N-dealkylation sites (N-methyl/N-ethyl adjacent to an activating group) is 1. The summed E-state index contributed by atoms with van der Waals surface area (Å²) in [4.78, 5) is 100. The number of aryl methyl sites for hydroxylation is 1. The number of carbonyl (C=O) groups excluding carboxylic acids is 7. The molecule has 5 N–H and O–H groups in total. The summed E-state index contributed by atoms with van der Waals surface area (Å²) in [6.07, 6.45) is -3.14. The smallest absolute Gasteiger partial charge is 0.329 e. The molecule has 3 aliphatic heterocycles. The third-order valence-corrected chi connectivity index (χ3v) is 10.6. The van der Waals surface area contributed by atoms with Crippen LogP contribution in [0.5, 0.6) is 0 Å². The van der Waals surface area contributed by atoms with Gasteiger partial charge in [0.15, 0.2) is 0 Å². The van der Waals surface area contributed by atoms with Crippen LogP contribution in [0.2, 0.25) is 0 Å². The van der Waals surface area contributed by atoms with Crippen molar-refractivity contribution in [3.05, 3.63) is 65.2 Å². The summed E-state index contributed by atoms with van der Waals surface area (Å²) in [5.41, 5.74) is 1.26. The molecule has 3 fully saturated rings. The summed E-state index contributed by atoms with van der Waals surface area (Å²) in [6.45, 7) is 7.67. The first-order valence-corrected chi connectivity index (χ1v) is 18.8. The topological polar surface area (TPSA) is 207 Å². The Kier molecular flexibility index (Phi) is 13.2. The fraction of sp³-hybridized carbons (Fsp3) is 0.513. The van der Waals surface area contributed by atoms with E-state index in [-0.39, 0.29) is 37.4 Å². The van der Waals surface area contributed by atoms with Crippen molar-refractivity contribution in [1.29, 1.82) is 0 Å². The van der Waals surface area contributed by atoms with E-state index in [0.717, 1.165) is 27.5 Å². The highest BCUT2D eigenvalue weighted by atomic mass is 19.1. The number of rotatable bonds is 6. The van der Waals surface area contributed by atoms with Crippen LogP contribution in [0.4, 0.5) is 19.3 Å². The molecule has 0 spiro atoms. The second kappa shape index (κ2) is 17.7. The van der Waals surface area contributed by atoms with E-state index in [0.29, 0.717) is 11.8 Å². The molecule has 7 amide bonds. The molecule has 3 heterocycles. The summed E-state index contributed by atoms with van der Waals surface area (Å²) in [6, 6.07) is 0.436. The molecule has 0 radical (unpaired) electrons. The van der Waals surface area contributed by atoms with Crippen LogP contribution in [0.3, 0.4) is 0 Å². The molecule has 2 aromatic rings. The first-order valence-electron chi connectivity index (χ1n) is 18.8. The zero-order valence-electron chi connectivity index (χ0n) is 32.6. The lowest BCUT2D eigenvalue weighted by Crippen LogP contribution is -2.62. The molecule has 0 saturated carbocycles. The van der Waals surface area contributed by atoms with E-state index in [2.05, 4.69) is 21.3 Å². The molecule has 3 aliphatic rings. The highest BCUT2D eigenvalue weighted by Crippen LogP contribution is 2.27. The predicted molar refractivity (Wildman–Crippen MR) is 200 cm³/mol. The van der Waals surface area contributed by atoms with Crippen molar-refractivity contribution in [3.63, 3.8) is 0 Å². The number of hydrogen-bond donors (Lipinski definition) is 5. The fourth-order valence-electron chi connectivity index (χ4n) is 7.33. The van der Waals surface area contributed by atoms with E-state index in [1.165, 1.54) is 32.7 Å². The summed E-state index contributed by atoms with van der Waals surface area (Å²) >= 11 is 0. The Morgan fingerprint density at radius 2 is 1.53 bits per heavy atom. The number of fused-ring (bicyclic) bond motifs is 2. The summed E-state index contributed by atoms with van der Waals surface area (Å²) in [7, 11) is 1.34. The average Bonchev–Trinajstić information content (AvgIpc) is 3.74. The lowest BCUT2D eigenvalue weighted by atomic mass is 10.0. The van der Waals surface area contributed by atoms with Gasteiger partial charge in [-0.2, -0.15) is 0 Å². The van der Waals surface area contributed by atoms with Crippen LogP contribution in [0.1, 0.15) is 51.7 Å². The van der Waals surface area contributed by atoms with E-state index in [9.17, 15) is 47.4 Å². The monoisotopic (exact) mass is 797 g/mol. The van der Waals surface area contributed by atoms with Crippen molar-refractivity contribution in [2.45, 2.75) is 102 Å². The molecule has 3 saturated heterocycles. The Labute approximate surface area is 328 Å². The van der Waals surface area contributed by atoms with E-state index >= 15 is 0 Å². The zero-order valence-corrected chi connectivity index (χ0v) is 32.6. The molecule has 16 nitrogen and oxygen atoms in total. The Morgan fingerprint density at radius 3 is 2.18 bits per heavy atom. The van der Waals surface area contributed by atoms with Crippen molar-refractivity contribution in [2.24, 2.45) is 5.92 Å². The number of benzene rings is 2. The maximum Gasteiger partial charge on any atom is 0.329 e. The van der Waals surface area contributed by atoms with Crippen molar-refractivity contribution in [1.82, 2.24) is 30.7 Å². The van der Waals surface area contributed by atoms with Crippen LogP contribution in [-0.4, -0.2) is 130 Å². The average molecular weight is 798 g/mol. The summed E-state index contributed by atoms with van der Waals surface area (Å²) in [5, 5.41) is 20.9. The van der Waals surface area contributed by atoms with E-state index in [1.807, 2.05) is 13.8 Å². The number of nitrogens with zero attached hydrogens (tertiary/aromatic N) is 3. The number of cyclic esters (lactones) is 1. The molecule has 57 heavy (non-hydrogen) atoms. The van der Waals surface area contributed by atoms with Gasteiger partial charge >= 0.3 is 12.0 Å². The number of nitrogens with one attached hydrogen (secondary N) is 4. The molecular formula is C39H49F2N7O9. The number of aliphatic hydroxyl groups is 1. The summed E-state index contributed by atoms with van der Waals surface area (Å²) < 4.78 is 34.4. The Bertz CT molecular complexity index is 1880. The molecule has 0 bridgehead atoms. The van der Waals surface area contributed by atoms with Crippen molar-refractivity contribution in [2.75, 3.05) is 25.5 Å². The molecule has 2 aromatic carbocycles. The van der Waals surface area contributed by atoms with Gasteiger partial charge in [-0.05, 0) is 69.9 Å². The van der Waals surface area contributed by atoms with Crippen molar-refractivity contribution < 1.29 is 52.2 Å². The molecule has 0 unspecified atom stereocenters. The summed E-state index contributed by atoms with van der Waals surface area (Å²) in [5.74, 6) is -6.88. The van der Waals surface area contributed by atoms with Gasteiger partial charge < -0.3 is 45.8 Å². The maximum atomic E-state index is 14.5. The normalized spacial score (nSPS) is 27.9. The van der Waals surface area contributed by atoms with Crippen LogP contribution in [0, 0.1) is 24.5 Å². The van der Waals surface area contributed by atoms with Gasteiger partial charge in [-0.1, -0.05) is 24.6 Å². The second-order valence-corrected chi connectivity index (χ2v) is 15.2. The lowest BCUT2D eigenvalue weighted by molar-refractivity contribution is -0.162. The molecule has 0 aliphatic carbocycles. The molecular weight excluding hydrogens is 748 g/mol. The molecule has 9 atom stereocenters. The van der Waals surface area contributed by atoms with Gasteiger partial charge in [-0.15, -0.1) is 0 Å². The SMILES string of the molecule is Cc1ccc(NC(=O)N[C@@H](Cc2cc(F)cc(F)c2)C(=O)N[C@@H]2C(=O)N3C[C@H](O)C[C@H]3C(=O)N(C)[C@@H](C)C(=O)N[C@@H](C)C(=O)N3C[C@@H](C)C[C@H]3C(=O)O[C@H]2C)cc1. The number of anilines is 1. The minimum Gasteiger partial charge on any atom is -0.458 e.